The largest absolute Gasteiger partial charge is 0.350 e. The van der Waals surface area contributed by atoms with Gasteiger partial charge in [-0.1, -0.05) is 30.3 Å². The van der Waals surface area contributed by atoms with E-state index in [1.807, 2.05) is 37.3 Å². The number of carbonyl (C=O) groups is 2. The summed E-state index contributed by atoms with van der Waals surface area (Å²) in [5, 5.41) is 2.99. The van der Waals surface area contributed by atoms with Gasteiger partial charge in [-0.05, 0) is 48.9 Å². The maximum Gasteiger partial charge on any atom is 0.260 e. The van der Waals surface area contributed by atoms with Gasteiger partial charge in [-0.2, -0.15) is 0 Å². The van der Waals surface area contributed by atoms with Crippen LogP contribution in [0, 0.1) is 5.82 Å². The number of hydrogen-bond donors (Lipinski definition) is 1. The monoisotopic (exact) mass is 389 g/mol. The second-order valence-corrected chi connectivity index (χ2v) is 7.01. The van der Waals surface area contributed by atoms with E-state index in [9.17, 15) is 14.0 Å². The van der Waals surface area contributed by atoms with E-state index in [1.54, 1.807) is 18.3 Å². The molecule has 0 spiro atoms. The maximum absolute atomic E-state index is 13.4. The Morgan fingerprint density at radius 2 is 1.83 bits per heavy atom. The molecule has 146 valence electrons. The zero-order chi connectivity index (χ0) is 20.4. The summed E-state index contributed by atoms with van der Waals surface area (Å²) in [6.07, 6.45) is 1.67. The molecule has 1 aromatic heterocycles. The number of carbonyl (C=O) groups excluding carboxylic acids is 2. The Labute approximate surface area is 168 Å². The van der Waals surface area contributed by atoms with Crippen LogP contribution in [0.3, 0.4) is 0 Å². The lowest BCUT2D eigenvalue weighted by Crippen LogP contribution is -2.34. The minimum Gasteiger partial charge on any atom is -0.350 e. The quantitative estimate of drug-likeness (QED) is 0.712. The predicted octanol–water partition coefficient (Wildman–Crippen LogP) is 4.19. The fourth-order valence-corrected chi connectivity index (χ4v) is 3.65. The summed E-state index contributed by atoms with van der Waals surface area (Å²) < 4.78 is 13.4. The second kappa shape index (κ2) is 7.83. The van der Waals surface area contributed by atoms with Crippen molar-refractivity contribution in [1.82, 2.24) is 10.3 Å². The highest BCUT2D eigenvalue weighted by Crippen LogP contribution is 2.38. The van der Waals surface area contributed by atoms with Crippen molar-refractivity contribution in [2.75, 3.05) is 4.90 Å². The molecule has 0 saturated heterocycles. The highest BCUT2D eigenvalue weighted by molar-refractivity contribution is 6.11. The molecule has 29 heavy (non-hydrogen) atoms. The number of aromatic nitrogens is 1. The molecule has 0 fully saturated rings. The van der Waals surface area contributed by atoms with E-state index < -0.39 is 6.04 Å². The minimum atomic E-state index is -0.549. The van der Waals surface area contributed by atoms with Crippen molar-refractivity contribution in [3.8, 4) is 0 Å². The molecule has 2 heterocycles. The first-order valence-electron chi connectivity index (χ1n) is 9.43. The molecule has 2 amide bonds. The van der Waals surface area contributed by atoms with Crippen molar-refractivity contribution in [1.29, 1.82) is 0 Å². The lowest BCUT2D eigenvalue weighted by atomic mass is 10.1. The first-order chi connectivity index (χ1) is 14.0. The van der Waals surface area contributed by atoms with E-state index in [2.05, 4.69) is 10.3 Å². The summed E-state index contributed by atoms with van der Waals surface area (Å²) in [5.41, 5.74) is 2.55. The third-order valence-corrected chi connectivity index (χ3v) is 5.08. The first-order valence-corrected chi connectivity index (χ1v) is 9.43. The molecule has 2 atom stereocenters. The van der Waals surface area contributed by atoms with Crippen LogP contribution in [0.1, 0.15) is 47.0 Å². The van der Waals surface area contributed by atoms with Crippen LogP contribution in [-0.2, 0) is 4.79 Å². The van der Waals surface area contributed by atoms with Crippen LogP contribution >= 0.6 is 0 Å². The van der Waals surface area contributed by atoms with E-state index in [0.29, 0.717) is 16.9 Å². The van der Waals surface area contributed by atoms with Crippen LogP contribution in [0.5, 0.6) is 0 Å². The molecule has 0 radical (unpaired) electrons. The van der Waals surface area contributed by atoms with Crippen LogP contribution in [0.4, 0.5) is 10.1 Å². The Kier molecular flexibility index (Phi) is 5.08. The molecule has 4 rings (SSSR count). The maximum atomic E-state index is 13.4. The normalized spacial score (nSPS) is 16.4. The standard InChI is InChI=1S/C23H20FN3O2/c1-15(16-6-3-2-4-7-16)26-21(28)14-20-22-19(8-5-13-25-22)23(29)27(20)18-11-9-17(24)10-12-18/h2-13,15,20H,14H2,1H3,(H,26,28)/t15-,20-/m1/s1. The fourth-order valence-electron chi connectivity index (χ4n) is 3.65. The Bertz CT molecular complexity index is 1040. The van der Waals surface area contributed by atoms with E-state index in [4.69, 9.17) is 0 Å². The Balaban J connectivity index is 1.59. The zero-order valence-electron chi connectivity index (χ0n) is 15.9. The molecular weight excluding hydrogens is 369 g/mol. The number of amides is 2. The summed E-state index contributed by atoms with van der Waals surface area (Å²) in [6, 6.07) is 18.0. The van der Waals surface area contributed by atoms with E-state index in [1.165, 1.54) is 29.2 Å². The van der Waals surface area contributed by atoms with Gasteiger partial charge in [0.25, 0.3) is 5.91 Å². The number of nitrogens with one attached hydrogen (secondary N) is 1. The highest BCUT2D eigenvalue weighted by atomic mass is 19.1. The van der Waals surface area contributed by atoms with Crippen molar-refractivity contribution >= 4 is 17.5 Å². The number of anilines is 1. The number of halogens is 1. The molecule has 1 aliphatic rings. The summed E-state index contributed by atoms with van der Waals surface area (Å²) in [6.45, 7) is 1.91. The molecule has 1 aliphatic heterocycles. The number of hydrogen-bond acceptors (Lipinski definition) is 3. The lowest BCUT2D eigenvalue weighted by Gasteiger charge is -2.25. The molecule has 0 bridgehead atoms. The Morgan fingerprint density at radius 1 is 1.10 bits per heavy atom. The smallest absolute Gasteiger partial charge is 0.260 e. The Morgan fingerprint density at radius 3 is 2.55 bits per heavy atom. The van der Waals surface area contributed by atoms with Crippen molar-refractivity contribution in [2.45, 2.75) is 25.4 Å². The summed E-state index contributed by atoms with van der Waals surface area (Å²) in [5.74, 6) is -0.819. The zero-order valence-corrected chi connectivity index (χ0v) is 15.9. The van der Waals surface area contributed by atoms with Gasteiger partial charge >= 0.3 is 0 Å². The molecule has 0 aliphatic carbocycles. The van der Waals surface area contributed by atoms with Crippen LogP contribution in [0.25, 0.3) is 0 Å². The van der Waals surface area contributed by atoms with Crippen LogP contribution in [0.2, 0.25) is 0 Å². The second-order valence-electron chi connectivity index (χ2n) is 7.01. The first kappa shape index (κ1) is 18.8. The van der Waals surface area contributed by atoms with Gasteiger partial charge in [-0.15, -0.1) is 0 Å². The summed E-state index contributed by atoms with van der Waals surface area (Å²) >= 11 is 0. The molecular formula is C23H20FN3O2. The van der Waals surface area contributed by atoms with Gasteiger partial charge < -0.3 is 5.32 Å². The van der Waals surface area contributed by atoms with Gasteiger partial charge in [-0.3, -0.25) is 19.5 Å². The lowest BCUT2D eigenvalue weighted by molar-refractivity contribution is -0.122. The number of nitrogens with zero attached hydrogens (tertiary/aromatic N) is 2. The molecule has 5 nitrogen and oxygen atoms in total. The van der Waals surface area contributed by atoms with Gasteiger partial charge in [0, 0.05) is 11.9 Å². The topological polar surface area (TPSA) is 62.3 Å². The van der Waals surface area contributed by atoms with Crippen molar-refractivity contribution in [3.05, 3.63) is 95.6 Å². The average Bonchev–Trinajstić information content (AvgIpc) is 3.01. The molecule has 0 unspecified atom stereocenters. The summed E-state index contributed by atoms with van der Waals surface area (Å²) in [7, 11) is 0. The number of rotatable bonds is 5. The molecule has 3 aromatic rings. The predicted molar refractivity (Wildman–Crippen MR) is 108 cm³/mol. The van der Waals surface area contributed by atoms with Gasteiger partial charge in [0.1, 0.15) is 5.82 Å². The Hall–Kier alpha value is -3.54. The van der Waals surface area contributed by atoms with Crippen molar-refractivity contribution in [2.24, 2.45) is 0 Å². The molecule has 6 heteroatoms. The van der Waals surface area contributed by atoms with Crippen molar-refractivity contribution < 1.29 is 14.0 Å². The van der Waals surface area contributed by atoms with Gasteiger partial charge in [0.15, 0.2) is 0 Å². The van der Waals surface area contributed by atoms with E-state index in [-0.39, 0.29) is 30.1 Å². The van der Waals surface area contributed by atoms with Crippen LogP contribution in [0.15, 0.2) is 72.9 Å². The molecule has 0 saturated carbocycles. The van der Waals surface area contributed by atoms with Gasteiger partial charge in [-0.25, -0.2) is 4.39 Å². The molecule has 2 aromatic carbocycles. The van der Waals surface area contributed by atoms with E-state index in [0.717, 1.165) is 5.56 Å². The minimum absolute atomic E-state index is 0.0598. The number of fused-ring (bicyclic) bond motifs is 1. The number of benzene rings is 2. The van der Waals surface area contributed by atoms with Gasteiger partial charge in [0.2, 0.25) is 5.91 Å². The average molecular weight is 389 g/mol. The molecule has 1 N–H and O–H groups in total. The van der Waals surface area contributed by atoms with E-state index >= 15 is 0 Å². The van der Waals surface area contributed by atoms with Crippen molar-refractivity contribution in [3.63, 3.8) is 0 Å². The SMILES string of the molecule is C[C@@H](NC(=O)C[C@@H]1c2ncccc2C(=O)N1c1ccc(F)cc1)c1ccccc1. The fraction of sp³-hybridized carbons (Fsp3) is 0.174. The third kappa shape index (κ3) is 3.74. The van der Waals surface area contributed by atoms with Gasteiger partial charge in [0.05, 0.1) is 29.8 Å². The highest BCUT2D eigenvalue weighted by Gasteiger charge is 2.40. The third-order valence-electron chi connectivity index (χ3n) is 5.08. The summed E-state index contributed by atoms with van der Waals surface area (Å²) in [4.78, 5) is 31.6. The van der Waals surface area contributed by atoms with Crippen LogP contribution < -0.4 is 10.2 Å². The van der Waals surface area contributed by atoms with Crippen LogP contribution in [-0.4, -0.2) is 16.8 Å². The number of pyridine rings is 1.